The Labute approximate surface area is 81.7 Å². The van der Waals surface area contributed by atoms with Crippen LogP contribution in [0.25, 0.3) is 0 Å². The van der Waals surface area contributed by atoms with E-state index in [4.69, 9.17) is 0 Å². The maximum Gasteiger partial charge on any atom is 0.340 e. The van der Waals surface area contributed by atoms with Gasteiger partial charge in [0.25, 0.3) is 6.43 Å². The van der Waals surface area contributed by atoms with Crippen molar-refractivity contribution >= 4 is 5.97 Å². The Hall–Kier alpha value is -1.66. The molecule has 7 heteroatoms. The van der Waals surface area contributed by atoms with Gasteiger partial charge in [-0.25, -0.2) is 22.9 Å². The zero-order chi connectivity index (χ0) is 11.6. The molecule has 1 rings (SSSR count). The molecule has 0 aliphatic heterocycles. The van der Waals surface area contributed by atoms with Crippen molar-refractivity contribution in [2.75, 3.05) is 7.11 Å². The standard InChI is InChI=1S/C8H5F4NO2/c1-15-8(14)3-2-4(9)7(12)13-5(3)6(10)11/h2,6H,1H3. The zero-order valence-corrected chi connectivity index (χ0v) is 7.43. The smallest absolute Gasteiger partial charge is 0.340 e. The van der Waals surface area contributed by atoms with Gasteiger partial charge in [-0.15, -0.1) is 0 Å². The Balaban J connectivity index is 3.34. The first kappa shape index (κ1) is 11.4. The number of methoxy groups -OCH3 is 1. The molecule has 0 atom stereocenters. The number of aromatic nitrogens is 1. The highest BCUT2D eigenvalue weighted by atomic mass is 19.3. The lowest BCUT2D eigenvalue weighted by atomic mass is 10.2. The number of hydrogen-bond acceptors (Lipinski definition) is 3. The van der Waals surface area contributed by atoms with Crippen molar-refractivity contribution in [1.29, 1.82) is 0 Å². The number of rotatable bonds is 2. The summed E-state index contributed by atoms with van der Waals surface area (Å²) in [6.07, 6.45) is -3.19. The summed E-state index contributed by atoms with van der Waals surface area (Å²) in [5.41, 5.74) is -1.92. The van der Waals surface area contributed by atoms with E-state index in [1.54, 1.807) is 0 Å². The summed E-state index contributed by atoms with van der Waals surface area (Å²) in [6, 6.07) is 0.329. The van der Waals surface area contributed by atoms with E-state index in [-0.39, 0.29) is 0 Å². The summed E-state index contributed by atoms with van der Waals surface area (Å²) in [5.74, 6) is -4.37. The first-order chi connectivity index (χ1) is 6.97. The van der Waals surface area contributed by atoms with Crippen molar-refractivity contribution in [3.63, 3.8) is 0 Å². The number of halogens is 4. The number of nitrogens with zero attached hydrogens (tertiary/aromatic N) is 1. The number of carbonyl (C=O) groups excluding carboxylic acids is 1. The van der Waals surface area contributed by atoms with Crippen LogP contribution in [0, 0.1) is 11.8 Å². The molecule has 0 aliphatic carbocycles. The molecule has 3 nitrogen and oxygen atoms in total. The fourth-order valence-electron chi connectivity index (χ4n) is 0.919. The van der Waals surface area contributed by atoms with Gasteiger partial charge in [0.1, 0.15) is 5.69 Å². The third-order valence-corrected chi connectivity index (χ3v) is 1.57. The predicted molar refractivity (Wildman–Crippen MR) is 40.4 cm³/mol. The molecule has 0 aliphatic rings. The molecule has 82 valence electrons. The minimum Gasteiger partial charge on any atom is -0.465 e. The molecule has 0 saturated heterocycles. The minimum absolute atomic E-state index is 0.329. The van der Waals surface area contributed by atoms with E-state index in [0.29, 0.717) is 6.07 Å². The largest absolute Gasteiger partial charge is 0.465 e. The van der Waals surface area contributed by atoms with Crippen LogP contribution in [0.15, 0.2) is 6.07 Å². The van der Waals surface area contributed by atoms with E-state index in [9.17, 15) is 22.4 Å². The highest BCUT2D eigenvalue weighted by Crippen LogP contribution is 2.22. The van der Waals surface area contributed by atoms with E-state index < -0.39 is 35.4 Å². The Morgan fingerprint density at radius 1 is 1.47 bits per heavy atom. The quantitative estimate of drug-likeness (QED) is 0.437. The summed E-state index contributed by atoms with van der Waals surface area (Å²) >= 11 is 0. The maximum atomic E-state index is 12.6. The number of pyridine rings is 1. The van der Waals surface area contributed by atoms with E-state index in [1.807, 2.05) is 0 Å². The van der Waals surface area contributed by atoms with Crippen LogP contribution in [0.4, 0.5) is 17.6 Å². The number of alkyl halides is 2. The number of carbonyl (C=O) groups is 1. The molecule has 0 unspecified atom stereocenters. The molecular weight excluding hydrogens is 218 g/mol. The van der Waals surface area contributed by atoms with Crippen LogP contribution >= 0.6 is 0 Å². The fraction of sp³-hybridized carbons (Fsp3) is 0.250. The third kappa shape index (κ3) is 2.23. The normalized spacial score (nSPS) is 10.5. The Morgan fingerprint density at radius 3 is 2.53 bits per heavy atom. The first-order valence-corrected chi connectivity index (χ1v) is 3.69. The zero-order valence-electron chi connectivity index (χ0n) is 7.43. The van der Waals surface area contributed by atoms with Crippen LogP contribution in [0.5, 0.6) is 0 Å². The molecule has 0 N–H and O–H groups in total. The summed E-state index contributed by atoms with van der Waals surface area (Å²) in [4.78, 5) is 13.6. The molecule has 1 aromatic heterocycles. The van der Waals surface area contributed by atoms with Crippen molar-refractivity contribution in [3.05, 3.63) is 29.1 Å². The van der Waals surface area contributed by atoms with Crippen molar-refractivity contribution in [3.8, 4) is 0 Å². The summed E-state index contributed by atoms with van der Waals surface area (Å²) in [5, 5.41) is 0. The van der Waals surface area contributed by atoms with Gasteiger partial charge in [-0.05, 0) is 6.07 Å². The van der Waals surface area contributed by atoms with Crippen molar-refractivity contribution in [2.45, 2.75) is 6.43 Å². The van der Waals surface area contributed by atoms with Gasteiger partial charge in [0.15, 0.2) is 5.82 Å². The molecular formula is C8H5F4NO2. The van der Waals surface area contributed by atoms with Crippen LogP contribution in [-0.2, 0) is 4.74 Å². The molecule has 0 bridgehead atoms. The topological polar surface area (TPSA) is 39.2 Å². The lowest BCUT2D eigenvalue weighted by Crippen LogP contribution is -2.10. The second-order valence-corrected chi connectivity index (χ2v) is 2.49. The lowest BCUT2D eigenvalue weighted by Gasteiger charge is -2.06. The molecule has 0 spiro atoms. The monoisotopic (exact) mass is 223 g/mol. The van der Waals surface area contributed by atoms with E-state index in [1.165, 1.54) is 0 Å². The molecule has 0 aromatic carbocycles. The van der Waals surface area contributed by atoms with Gasteiger partial charge in [0.05, 0.1) is 12.7 Å². The van der Waals surface area contributed by atoms with Crippen molar-refractivity contribution in [2.24, 2.45) is 0 Å². The average Bonchev–Trinajstić information content (AvgIpc) is 2.20. The Bertz CT molecular complexity index is 394. The van der Waals surface area contributed by atoms with Gasteiger partial charge in [-0.1, -0.05) is 0 Å². The van der Waals surface area contributed by atoms with Crippen LogP contribution in [0.1, 0.15) is 22.5 Å². The van der Waals surface area contributed by atoms with Gasteiger partial charge in [-0.3, -0.25) is 0 Å². The fourth-order valence-corrected chi connectivity index (χ4v) is 0.919. The summed E-state index contributed by atoms with van der Waals surface area (Å²) < 4.78 is 53.8. The second kappa shape index (κ2) is 4.24. The van der Waals surface area contributed by atoms with Gasteiger partial charge in [0, 0.05) is 0 Å². The Kier molecular flexibility index (Phi) is 3.23. The van der Waals surface area contributed by atoms with Crippen LogP contribution in [-0.4, -0.2) is 18.1 Å². The molecule has 0 radical (unpaired) electrons. The number of ether oxygens (including phenoxy) is 1. The SMILES string of the molecule is COC(=O)c1cc(F)c(F)nc1C(F)F. The van der Waals surface area contributed by atoms with Crippen LogP contribution in [0.2, 0.25) is 0 Å². The summed E-state index contributed by atoms with van der Waals surface area (Å²) in [7, 11) is 0.929. The van der Waals surface area contributed by atoms with Gasteiger partial charge in [0.2, 0.25) is 5.95 Å². The van der Waals surface area contributed by atoms with Gasteiger partial charge >= 0.3 is 5.97 Å². The van der Waals surface area contributed by atoms with E-state index in [0.717, 1.165) is 7.11 Å². The third-order valence-electron chi connectivity index (χ3n) is 1.57. The number of esters is 1. The molecule has 0 fully saturated rings. The first-order valence-electron chi connectivity index (χ1n) is 3.69. The van der Waals surface area contributed by atoms with Gasteiger partial charge < -0.3 is 4.74 Å². The van der Waals surface area contributed by atoms with E-state index in [2.05, 4.69) is 9.72 Å². The molecule has 15 heavy (non-hydrogen) atoms. The van der Waals surface area contributed by atoms with Gasteiger partial charge in [-0.2, -0.15) is 4.39 Å². The molecule has 1 heterocycles. The maximum absolute atomic E-state index is 12.6. The minimum atomic E-state index is -3.19. The molecule has 0 saturated carbocycles. The Morgan fingerprint density at radius 2 is 2.07 bits per heavy atom. The molecule has 0 amide bonds. The molecule has 1 aromatic rings. The number of hydrogen-bond donors (Lipinski definition) is 0. The van der Waals surface area contributed by atoms with E-state index >= 15 is 0 Å². The highest BCUT2D eigenvalue weighted by molar-refractivity contribution is 5.90. The predicted octanol–water partition coefficient (Wildman–Crippen LogP) is 2.08. The summed E-state index contributed by atoms with van der Waals surface area (Å²) in [6.45, 7) is 0. The highest BCUT2D eigenvalue weighted by Gasteiger charge is 2.23. The second-order valence-electron chi connectivity index (χ2n) is 2.49. The van der Waals surface area contributed by atoms with Crippen molar-refractivity contribution < 1.29 is 27.1 Å². The van der Waals surface area contributed by atoms with Crippen LogP contribution < -0.4 is 0 Å². The van der Waals surface area contributed by atoms with Crippen molar-refractivity contribution in [1.82, 2.24) is 4.98 Å². The average molecular weight is 223 g/mol. The van der Waals surface area contributed by atoms with Crippen LogP contribution in [0.3, 0.4) is 0 Å². The lowest BCUT2D eigenvalue weighted by molar-refractivity contribution is 0.0585.